The van der Waals surface area contributed by atoms with Crippen LogP contribution in [0.15, 0.2) is 35.0 Å². The minimum absolute atomic E-state index is 0.456. The number of imidazole rings is 1. The van der Waals surface area contributed by atoms with Crippen LogP contribution in [0.25, 0.3) is 11.0 Å². The highest BCUT2D eigenvalue weighted by Crippen LogP contribution is 2.21. The van der Waals surface area contributed by atoms with Gasteiger partial charge in [0.2, 0.25) is 0 Å². The average Bonchev–Trinajstić information content (AvgIpc) is 3.03. The molecule has 0 aliphatic heterocycles. The molecular formula is C15H15ClN2S. The first-order valence-electron chi connectivity index (χ1n) is 6.31. The molecular weight excluding hydrogens is 276 g/mol. The highest BCUT2D eigenvalue weighted by Gasteiger charge is 2.11. The minimum atomic E-state index is 0.456. The molecule has 2 nitrogen and oxygen atoms in total. The summed E-state index contributed by atoms with van der Waals surface area (Å²) in [7, 11) is 0. The third kappa shape index (κ3) is 2.40. The van der Waals surface area contributed by atoms with E-state index in [2.05, 4.69) is 51.5 Å². The predicted octanol–water partition coefficient (Wildman–Crippen LogP) is 4.39. The Balaban J connectivity index is 1.99. The molecule has 0 fully saturated rings. The van der Waals surface area contributed by atoms with E-state index in [-0.39, 0.29) is 0 Å². The van der Waals surface area contributed by atoms with Crippen LogP contribution in [-0.4, -0.2) is 9.55 Å². The highest BCUT2D eigenvalue weighted by atomic mass is 35.5. The lowest BCUT2D eigenvalue weighted by atomic mass is 10.2. The van der Waals surface area contributed by atoms with E-state index >= 15 is 0 Å². The van der Waals surface area contributed by atoms with Crippen molar-refractivity contribution < 1.29 is 0 Å². The van der Waals surface area contributed by atoms with Crippen molar-refractivity contribution >= 4 is 34.0 Å². The zero-order chi connectivity index (χ0) is 13.2. The van der Waals surface area contributed by atoms with Crippen molar-refractivity contribution in [3.05, 3.63) is 52.0 Å². The van der Waals surface area contributed by atoms with E-state index in [1.54, 1.807) is 11.3 Å². The number of thiophene rings is 1. The van der Waals surface area contributed by atoms with Gasteiger partial charge >= 0.3 is 0 Å². The SMILES string of the molecule is Cc1cccc2c1nc(CCl)n2CCc1ccsc1. The fourth-order valence-electron chi connectivity index (χ4n) is 2.36. The topological polar surface area (TPSA) is 17.8 Å². The second-order valence-corrected chi connectivity index (χ2v) is 5.68. The molecule has 98 valence electrons. The molecule has 4 heteroatoms. The first-order valence-corrected chi connectivity index (χ1v) is 7.79. The summed E-state index contributed by atoms with van der Waals surface area (Å²) < 4.78 is 2.24. The summed E-state index contributed by atoms with van der Waals surface area (Å²) in [6.45, 7) is 3.02. The van der Waals surface area contributed by atoms with Gasteiger partial charge in [-0.2, -0.15) is 11.3 Å². The summed E-state index contributed by atoms with van der Waals surface area (Å²) in [5, 5.41) is 4.32. The van der Waals surface area contributed by atoms with Crippen LogP contribution in [0.1, 0.15) is 17.0 Å². The number of aryl methyl sites for hydroxylation is 3. The van der Waals surface area contributed by atoms with Crippen molar-refractivity contribution in [2.45, 2.75) is 25.8 Å². The Morgan fingerprint density at radius 1 is 1.32 bits per heavy atom. The third-order valence-electron chi connectivity index (χ3n) is 3.38. The van der Waals surface area contributed by atoms with Gasteiger partial charge in [-0.1, -0.05) is 12.1 Å². The number of hydrogen-bond acceptors (Lipinski definition) is 2. The number of para-hydroxylation sites is 1. The van der Waals surface area contributed by atoms with Gasteiger partial charge in [-0.15, -0.1) is 11.6 Å². The van der Waals surface area contributed by atoms with Crippen LogP contribution in [0.5, 0.6) is 0 Å². The Morgan fingerprint density at radius 3 is 2.95 bits per heavy atom. The van der Waals surface area contributed by atoms with Gasteiger partial charge in [0.25, 0.3) is 0 Å². The summed E-state index contributed by atoms with van der Waals surface area (Å²) >= 11 is 7.78. The molecule has 3 rings (SSSR count). The third-order valence-corrected chi connectivity index (χ3v) is 4.35. The molecule has 0 saturated carbocycles. The Morgan fingerprint density at radius 2 is 2.21 bits per heavy atom. The summed E-state index contributed by atoms with van der Waals surface area (Å²) in [5.74, 6) is 1.42. The smallest absolute Gasteiger partial charge is 0.124 e. The fraction of sp³-hybridized carbons (Fsp3) is 0.267. The largest absolute Gasteiger partial charge is 0.327 e. The molecule has 0 aliphatic rings. The van der Waals surface area contributed by atoms with Crippen LogP contribution in [0.4, 0.5) is 0 Å². The van der Waals surface area contributed by atoms with Crippen LogP contribution < -0.4 is 0 Å². The monoisotopic (exact) mass is 290 g/mol. The molecule has 0 atom stereocenters. The van der Waals surface area contributed by atoms with Crippen molar-refractivity contribution in [1.82, 2.24) is 9.55 Å². The molecule has 2 aromatic heterocycles. The zero-order valence-electron chi connectivity index (χ0n) is 10.8. The van der Waals surface area contributed by atoms with Crippen molar-refractivity contribution in [2.24, 2.45) is 0 Å². The summed E-state index contributed by atoms with van der Waals surface area (Å²) in [6, 6.07) is 8.48. The van der Waals surface area contributed by atoms with Crippen LogP contribution in [0.3, 0.4) is 0 Å². The number of halogens is 1. The molecule has 1 aromatic carbocycles. The summed E-state index contributed by atoms with van der Waals surface area (Å²) in [5.41, 5.74) is 4.84. The van der Waals surface area contributed by atoms with Crippen molar-refractivity contribution in [1.29, 1.82) is 0 Å². The van der Waals surface area contributed by atoms with Gasteiger partial charge in [0.1, 0.15) is 5.82 Å². The second-order valence-electron chi connectivity index (χ2n) is 4.64. The number of benzene rings is 1. The summed E-state index contributed by atoms with van der Waals surface area (Å²) in [6.07, 6.45) is 1.02. The number of hydrogen-bond donors (Lipinski definition) is 0. The van der Waals surface area contributed by atoms with E-state index in [9.17, 15) is 0 Å². The molecule has 0 spiro atoms. The first-order chi connectivity index (χ1) is 9.29. The maximum atomic E-state index is 6.04. The van der Waals surface area contributed by atoms with E-state index < -0.39 is 0 Å². The number of nitrogens with zero attached hydrogens (tertiary/aromatic N) is 2. The van der Waals surface area contributed by atoms with Gasteiger partial charge in [0.05, 0.1) is 16.9 Å². The van der Waals surface area contributed by atoms with Gasteiger partial charge in [0, 0.05) is 6.54 Å². The van der Waals surface area contributed by atoms with E-state index in [4.69, 9.17) is 11.6 Å². The first kappa shape index (κ1) is 12.7. The second kappa shape index (κ2) is 5.35. The molecule has 0 amide bonds. The molecule has 0 N–H and O–H groups in total. The lowest BCUT2D eigenvalue weighted by Crippen LogP contribution is -2.04. The van der Waals surface area contributed by atoms with Crippen molar-refractivity contribution in [3.63, 3.8) is 0 Å². The number of alkyl halides is 1. The average molecular weight is 291 g/mol. The standard InChI is InChI=1S/C15H15ClN2S/c1-11-3-2-4-13-15(11)17-14(9-16)18(13)7-5-12-6-8-19-10-12/h2-4,6,8,10H,5,7,9H2,1H3. The minimum Gasteiger partial charge on any atom is -0.327 e. The van der Waals surface area contributed by atoms with Crippen molar-refractivity contribution in [3.8, 4) is 0 Å². The Hall–Kier alpha value is -1.32. The predicted molar refractivity (Wildman–Crippen MR) is 82.1 cm³/mol. The van der Waals surface area contributed by atoms with E-state index in [0.717, 1.165) is 24.3 Å². The lowest BCUT2D eigenvalue weighted by Gasteiger charge is -2.07. The molecule has 2 heterocycles. The molecule has 19 heavy (non-hydrogen) atoms. The maximum absolute atomic E-state index is 6.04. The Bertz CT molecular complexity index is 686. The molecule has 0 bridgehead atoms. The van der Waals surface area contributed by atoms with E-state index in [1.165, 1.54) is 16.6 Å². The zero-order valence-corrected chi connectivity index (χ0v) is 12.3. The van der Waals surface area contributed by atoms with Gasteiger partial charge in [0.15, 0.2) is 0 Å². The lowest BCUT2D eigenvalue weighted by molar-refractivity contribution is 0.689. The van der Waals surface area contributed by atoms with Gasteiger partial charge in [-0.3, -0.25) is 0 Å². The number of rotatable bonds is 4. The maximum Gasteiger partial charge on any atom is 0.124 e. The Kier molecular flexibility index (Phi) is 3.58. The normalized spacial score (nSPS) is 11.3. The molecule has 0 saturated heterocycles. The van der Waals surface area contributed by atoms with Crippen LogP contribution in [0.2, 0.25) is 0 Å². The Labute approximate surface area is 121 Å². The number of fused-ring (bicyclic) bond motifs is 1. The van der Waals surface area contributed by atoms with E-state index in [1.807, 2.05) is 0 Å². The van der Waals surface area contributed by atoms with Gasteiger partial charge in [-0.05, 0) is 47.4 Å². The van der Waals surface area contributed by atoms with Gasteiger partial charge < -0.3 is 4.57 Å². The fourth-order valence-corrected chi connectivity index (χ4v) is 3.27. The number of aromatic nitrogens is 2. The van der Waals surface area contributed by atoms with Crippen LogP contribution >= 0.6 is 22.9 Å². The summed E-state index contributed by atoms with van der Waals surface area (Å²) in [4.78, 5) is 4.66. The molecule has 0 aliphatic carbocycles. The quantitative estimate of drug-likeness (QED) is 0.652. The molecule has 3 aromatic rings. The highest BCUT2D eigenvalue weighted by molar-refractivity contribution is 7.07. The van der Waals surface area contributed by atoms with Crippen LogP contribution in [-0.2, 0) is 18.8 Å². The molecule has 0 unspecified atom stereocenters. The van der Waals surface area contributed by atoms with Gasteiger partial charge in [-0.25, -0.2) is 4.98 Å². The molecule has 0 radical (unpaired) electrons. The van der Waals surface area contributed by atoms with Crippen molar-refractivity contribution in [2.75, 3.05) is 0 Å². The van der Waals surface area contributed by atoms with Crippen LogP contribution in [0, 0.1) is 6.92 Å². The van der Waals surface area contributed by atoms with E-state index in [0.29, 0.717) is 5.88 Å².